The lowest BCUT2D eigenvalue weighted by Gasteiger charge is -2.19. The van der Waals surface area contributed by atoms with Crippen LogP contribution in [0.15, 0.2) is 41.4 Å². The Bertz CT molecular complexity index is 767. The normalized spacial score (nSPS) is 11.3. The van der Waals surface area contributed by atoms with Crippen molar-refractivity contribution in [2.24, 2.45) is 0 Å². The minimum absolute atomic E-state index is 0.297. The van der Waals surface area contributed by atoms with E-state index in [4.69, 9.17) is 0 Å². The van der Waals surface area contributed by atoms with Crippen molar-refractivity contribution < 1.29 is 8.42 Å². The van der Waals surface area contributed by atoms with Crippen LogP contribution >= 0.6 is 0 Å². The molecule has 0 spiro atoms. The Morgan fingerprint density at radius 1 is 1.09 bits per heavy atom. The maximum absolute atomic E-state index is 12.6. The van der Waals surface area contributed by atoms with Crippen LogP contribution in [0.5, 0.6) is 0 Å². The molecule has 0 aliphatic rings. The predicted molar refractivity (Wildman–Crippen MR) is 94.5 cm³/mol. The lowest BCUT2D eigenvalue weighted by Crippen LogP contribution is -2.23. The Labute approximate surface area is 138 Å². The molecule has 0 fully saturated rings. The summed E-state index contributed by atoms with van der Waals surface area (Å²) in [5, 5.41) is 0. The molecule has 0 aliphatic carbocycles. The van der Waals surface area contributed by atoms with E-state index in [1.165, 1.54) is 0 Å². The van der Waals surface area contributed by atoms with Gasteiger partial charge in [0.2, 0.25) is 0 Å². The summed E-state index contributed by atoms with van der Waals surface area (Å²) in [6.07, 6.45) is 1.55. The van der Waals surface area contributed by atoms with Gasteiger partial charge in [-0.2, -0.15) is 0 Å². The molecule has 1 aromatic carbocycles. The summed E-state index contributed by atoms with van der Waals surface area (Å²) in [7, 11) is -3.61. The summed E-state index contributed by atoms with van der Waals surface area (Å²) in [6, 6.07) is 8.95. The van der Waals surface area contributed by atoms with Crippen molar-refractivity contribution in [3.8, 4) is 0 Å². The number of benzene rings is 1. The summed E-state index contributed by atoms with van der Waals surface area (Å²) < 4.78 is 27.7. The zero-order chi connectivity index (χ0) is 17.0. The lowest BCUT2D eigenvalue weighted by molar-refractivity contribution is 0.600. The SMILES string of the molecule is CCN(CC)c1ccc(NS(=O)(=O)c2cc(C)ccc2C)cn1. The van der Waals surface area contributed by atoms with Crippen LogP contribution < -0.4 is 9.62 Å². The standard InChI is InChI=1S/C17H23N3O2S/c1-5-20(6-2)17-10-9-15(12-18-17)19-23(21,22)16-11-13(3)7-8-14(16)4/h7-12,19H,5-6H2,1-4H3. The molecule has 0 amide bonds. The minimum atomic E-state index is -3.61. The van der Waals surface area contributed by atoms with Gasteiger partial charge in [0, 0.05) is 13.1 Å². The van der Waals surface area contributed by atoms with Crippen molar-refractivity contribution >= 4 is 21.5 Å². The van der Waals surface area contributed by atoms with E-state index < -0.39 is 10.0 Å². The fourth-order valence-electron chi connectivity index (χ4n) is 2.39. The largest absolute Gasteiger partial charge is 0.357 e. The second-order valence-corrected chi connectivity index (χ2v) is 7.10. The number of anilines is 2. The molecule has 1 N–H and O–H groups in total. The van der Waals surface area contributed by atoms with Gasteiger partial charge in [0.05, 0.1) is 16.8 Å². The van der Waals surface area contributed by atoms with Gasteiger partial charge in [0.25, 0.3) is 10.0 Å². The van der Waals surface area contributed by atoms with Crippen molar-refractivity contribution in [1.82, 2.24) is 4.98 Å². The van der Waals surface area contributed by atoms with Crippen LogP contribution in [0.2, 0.25) is 0 Å². The van der Waals surface area contributed by atoms with E-state index in [1.54, 1.807) is 25.3 Å². The Hall–Kier alpha value is -2.08. The Kier molecular flexibility index (Phi) is 5.26. The first-order chi connectivity index (χ1) is 10.9. The van der Waals surface area contributed by atoms with Gasteiger partial charge in [-0.15, -0.1) is 0 Å². The molecular formula is C17H23N3O2S. The average molecular weight is 333 g/mol. The van der Waals surface area contributed by atoms with Crippen LogP contribution in [-0.4, -0.2) is 26.5 Å². The fraction of sp³-hybridized carbons (Fsp3) is 0.353. The highest BCUT2D eigenvalue weighted by Crippen LogP contribution is 2.21. The summed E-state index contributed by atoms with van der Waals surface area (Å²) in [4.78, 5) is 6.73. The first kappa shape index (κ1) is 17.3. The maximum Gasteiger partial charge on any atom is 0.262 e. The zero-order valence-corrected chi connectivity index (χ0v) is 14.8. The van der Waals surface area contributed by atoms with E-state index >= 15 is 0 Å². The number of aromatic nitrogens is 1. The first-order valence-electron chi connectivity index (χ1n) is 7.68. The number of rotatable bonds is 6. The van der Waals surface area contributed by atoms with Gasteiger partial charge in [0.15, 0.2) is 0 Å². The maximum atomic E-state index is 12.6. The molecule has 124 valence electrons. The molecule has 1 aromatic heterocycles. The topological polar surface area (TPSA) is 62.3 Å². The van der Waals surface area contributed by atoms with E-state index in [0.29, 0.717) is 10.6 Å². The van der Waals surface area contributed by atoms with Crippen LogP contribution in [0.4, 0.5) is 11.5 Å². The van der Waals surface area contributed by atoms with Gasteiger partial charge in [-0.05, 0) is 57.0 Å². The molecule has 0 saturated heterocycles. The van der Waals surface area contributed by atoms with E-state index in [1.807, 2.05) is 25.1 Å². The lowest BCUT2D eigenvalue weighted by atomic mass is 10.2. The van der Waals surface area contributed by atoms with Crippen molar-refractivity contribution in [2.75, 3.05) is 22.7 Å². The van der Waals surface area contributed by atoms with Crippen LogP contribution in [0.25, 0.3) is 0 Å². The third-order valence-corrected chi connectivity index (χ3v) is 5.24. The molecule has 23 heavy (non-hydrogen) atoms. The van der Waals surface area contributed by atoms with Gasteiger partial charge < -0.3 is 4.90 Å². The predicted octanol–water partition coefficient (Wildman–Crippen LogP) is 3.35. The van der Waals surface area contributed by atoms with Crippen LogP contribution in [0.1, 0.15) is 25.0 Å². The zero-order valence-electron chi connectivity index (χ0n) is 14.0. The third-order valence-electron chi connectivity index (χ3n) is 3.72. The fourth-order valence-corrected chi connectivity index (χ4v) is 3.76. The summed E-state index contributed by atoms with van der Waals surface area (Å²) in [5.41, 5.74) is 2.09. The van der Waals surface area contributed by atoms with E-state index in [-0.39, 0.29) is 0 Å². The van der Waals surface area contributed by atoms with Gasteiger partial charge in [0.1, 0.15) is 5.82 Å². The van der Waals surface area contributed by atoms with Crippen molar-refractivity contribution in [3.05, 3.63) is 47.7 Å². The smallest absolute Gasteiger partial charge is 0.262 e. The second-order valence-electron chi connectivity index (χ2n) is 5.45. The number of nitrogens with one attached hydrogen (secondary N) is 1. The Morgan fingerprint density at radius 2 is 1.78 bits per heavy atom. The monoisotopic (exact) mass is 333 g/mol. The number of nitrogens with zero attached hydrogens (tertiary/aromatic N) is 2. The molecule has 0 radical (unpaired) electrons. The number of hydrogen-bond donors (Lipinski definition) is 1. The van der Waals surface area contributed by atoms with Crippen molar-refractivity contribution in [2.45, 2.75) is 32.6 Å². The molecule has 5 nitrogen and oxygen atoms in total. The number of hydrogen-bond acceptors (Lipinski definition) is 4. The highest BCUT2D eigenvalue weighted by Gasteiger charge is 2.17. The Balaban J connectivity index is 2.25. The molecule has 1 heterocycles. The molecule has 2 rings (SSSR count). The van der Waals surface area contributed by atoms with E-state index in [0.717, 1.165) is 30.0 Å². The van der Waals surface area contributed by atoms with E-state index in [2.05, 4.69) is 28.5 Å². The van der Waals surface area contributed by atoms with Crippen LogP contribution in [0.3, 0.4) is 0 Å². The second kappa shape index (κ2) is 7.00. The van der Waals surface area contributed by atoms with Crippen LogP contribution in [0, 0.1) is 13.8 Å². The highest BCUT2D eigenvalue weighted by molar-refractivity contribution is 7.92. The molecule has 0 saturated carbocycles. The van der Waals surface area contributed by atoms with E-state index in [9.17, 15) is 8.42 Å². The number of sulfonamides is 1. The summed E-state index contributed by atoms with van der Waals surface area (Å²) in [5.74, 6) is 0.838. The average Bonchev–Trinajstić information content (AvgIpc) is 2.52. The molecular weight excluding hydrogens is 310 g/mol. The van der Waals surface area contributed by atoms with Crippen molar-refractivity contribution in [1.29, 1.82) is 0 Å². The summed E-state index contributed by atoms with van der Waals surface area (Å²) >= 11 is 0. The van der Waals surface area contributed by atoms with Gasteiger partial charge in [-0.1, -0.05) is 12.1 Å². The minimum Gasteiger partial charge on any atom is -0.357 e. The quantitative estimate of drug-likeness (QED) is 0.880. The van der Waals surface area contributed by atoms with Gasteiger partial charge in [-0.25, -0.2) is 13.4 Å². The molecule has 0 bridgehead atoms. The number of pyridine rings is 1. The number of aryl methyl sites for hydroxylation is 2. The molecule has 0 unspecified atom stereocenters. The highest BCUT2D eigenvalue weighted by atomic mass is 32.2. The molecule has 0 aliphatic heterocycles. The summed E-state index contributed by atoms with van der Waals surface area (Å²) in [6.45, 7) is 9.49. The first-order valence-corrected chi connectivity index (χ1v) is 9.16. The van der Waals surface area contributed by atoms with Crippen molar-refractivity contribution in [3.63, 3.8) is 0 Å². The Morgan fingerprint density at radius 3 is 2.35 bits per heavy atom. The van der Waals surface area contributed by atoms with Gasteiger partial charge in [-0.3, -0.25) is 4.72 Å². The van der Waals surface area contributed by atoms with Crippen LogP contribution in [-0.2, 0) is 10.0 Å². The molecule has 0 atom stereocenters. The van der Waals surface area contributed by atoms with Gasteiger partial charge >= 0.3 is 0 Å². The third kappa shape index (κ3) is 4.01. The molecule has 6 heteroatoms. The molecule has 2 aromatic rings.